The quantitative estimate of drug-likeness (QED) is 0.164. The fourth-order valence-electron chi connectivity index (χ4n) is 7.16. The first kappa shape index (κ1) is 36.1. The van der Waals surface area contributed by atoms with E-state index in [0.717, 1.165) is 57.9 Å². The number of methoxy groups -OCH3 is 2. The molecule has 0 unspecified atom stereocenters. The van der Waals surface area contributed by atoms with Gasteiger partial charge < -0.3 is 33.3 Å². The first-order chi connectivity index (χ1) is 24.9. The topological polar surface area (TPSA) is 104 Å². The Morgan fingerprint density at radius 1 is 0.865 bits per heavy atom. The summed E-state index contributed by atoms with van der Waals surface area (Å²) in [5.41, 5.74) is 5.80. The SMILES string of the molecule is COc1ccc(C(OC[C@H]2O[C@@H](N3C=C4CCC5=C4C(=N3)C=NOC5)[C@H](O[Si](C)(C)C(C)(C)C)[C@@H]2O)(c2ccccc2)c2ccc(OC)cc2)cc1. The molecule has 0 bridgehead atoms. The van der Waals surface area contributed by atoms with Crippen LogP contribution in [0.4, 0.5) is 0 Å². The highest BCUT2D eigenvalue weighted by molar-refractivity contribution is 6.74. The summed E-state index contributed by atoms with van der Waals surface area (Å²) in [7, 11) is 0.906. The molecule has 3 aromatic carbocycles. The van der Waals surface area contributed by atoms with Crippen LogP contribution in [0.5, 0.6) is 11.5 Å². The molecule has 10 nitrogen and oxygen atoms in total. The van der Waals surface area contributed by atoms with Crippen molar-refractivity contribution in [1.29, 1.82) is 0 Å². The Balaban J connectivity index is 1.28. The monoisotopic (exact) mass is 723 g/mol. The lowest BCUT2D eigenvalue weighted by molar-refractivity contribution is -0.107. The molecule has 0 saturated carbocycles. The maximum atomic E-state index is 12.2. The number of hydrogen-bond donors (Lipinski definition) is 1. The van der Waals surface area contributed by atoms with E-state index in [-0.39, 0.29) is 11.6 Å². The number of hydrazone groups is 1. The van der Waals surface area contributed by atoms with E-state index in [9.17, 15) is 5.11 Å². The average Bonchev–Trinajstić information content (AvgIpc) is 3.62. The molecule has 52 heavy (non-hydrogen) atoms. The zero-order valence-corrected chi connectivity index (χ0v) is 32.0. The van der Waals surface area contributed by atoms with Gasteiger partial charge in [-0.05, 0) is 83.1 Å². The van der Waals surface area contributed by atoms with Gasteiger partial charge in [0.2, 0.25) is 0 Å². The van der Waals surface area contributed by atoms with Gasteiger partial charge in [0, 0.05) is 11.8 Å². The third-order valence-electron chi connectivity index (χ3n) is 11.1. The summed E-state index contributed by atoms with van der Waals surface area (Å²) in [6.07, 6.45) is 2.29. The maximum absolute atomic E-state index is 12.2. The standard InChI is InChI=1S/C41H49N3O7Si/c1-40(2,3)52(6,7)51-38-37(45)35(50-39(38)44-24-27-13-14-28-25-49-42-23-34(43-44)36(27)28)26-48-41(29-11-9-8-10-12-29,30-15-19-32(46-4)20-16-30)31-17-21-33(47-5)22-18-31/h8-12,15-24,35,37-39,45H,13-14,25-26H2,1-7H3/t35-,37-,38-,39-/m1/s1. The van der Waals surface area contributed by atoms with Crippen molar-refractivity contribution in [2.75, 3.05) is 27.4 Å². The highest BCUT2D eigenvalue weighted by Gasteiger charge is 2.53. The third-order valence-corrected chi connectivity index (χ3v) is 15.5. The van der Waals surface area contributed by atoms with Crippen molar-refractivity contribution in [2.45, 2.75) is 81.9 Å². The van der Waals surface area contributed by atoms with Crippen LogP contribution < -0.4 is 9.47 Å². The minimum Gasteiger partial charge on any atom is -0.497 e. The molecule has 0 spiro atoms. The second kappa shape index (κ2) is 14.3. The maximum Gasteiger partial charge on any atom is 0.192 e. The van der Waals surface area contributed by atoms with Gasteiger partial charge in [-0.25, -0.2) is 5.01 Å². The number of aliphatic hydroxyl groups excluding tert-OH is 1. The van der Waals surface area contributed by atoms with Crippen LogP contribution in [0, 0.1) is 0 Å². The Kier molecular flexibility index (Phi) is 9.92. The summed E-state index contributed by atoms with van der Waals surface area (Å²) in [6.45, 7) is 11.5. The molecular weight excluding hydrogens is 675 g/mol. The van der Waals surface area contributed by atoms with Crippen LogP contribution in [-0.4, -0.2) is 82.3 Å². The van der Waals surface area contributed by atoms with Crippen molar-refractivity contribution in [2.24, 2.45) is 10.3 Å². The largest absolute Gasteiger partial charge is 0.497 e. The molecular formula is C41H49N3O7Si. The Bertz CT molecular complexity index is 1820. The second-order valence-corrected chi connectivity index (χ2v) is 20.0. The van der Waals surface area contributed by atoms with Gasteiger partial charge in [0.05, 0.1) is 27.0 Å². The minimum absolute atomic E-state index is 0.0492. The Morgan fingerprint density at radius 3 is 2.08 bits per heavy atom. The van der Waals surface area contributed by atoms with Crippen LogP contribution >= 0.6 is 0 Å². The Morgan fingerprint density at radius 2 is 1.48 bits per heavy atom. The normalized spacial score (nSPS) is 23.1. The molecule has 3 aromatic rings. The Labute approximate surface area is 307 Å². The van der Waals surface area contributed by atoms with Gasteiger partial charge >= 0.3 is 0 Å². The lowest BCUT2D eigenvalue weighted by Crippen LogP contribution is -2.52. The zero-order chi connectivity index (χ0) is 36.7. The molecule has 0 aromatic heterocycles. The lowest BCUT2D eigenvalue weighted by atomic mass is 9.80. The van der Waals surface area contributed by atoms with Crippen molar-refractivity contribution in [3.63, 3.8) is 0 Å². The number of oxime groups is 1. The van der Waals surface area contributed by atoms with E-state index in [2.05, 4.69) is 51.2 Å². The number of hydrogen-bond acceptors (Lipinski definition) is 10. The minimum atomic E-state index is -2.40. The van der Waals surface area contributed by atoms with Crippen LogP contribution in [-0.2, 0) is 24.3 Å². The molecule has 7 rings (SSSR count). The van der Waals surface area contributed by atoms with E-state index in [1.807, 2.05) is 77.9 Å². The summed E-state index contributed by atoms with van der Waals surface area (Å²) in [6, 6.07) is 25.9. The van der Waals surface area contributed by atoms with E-state index in [1.165, 1.54) is 5.57 Å². The van der Waals surface area contributed by atoms with Gasteiger partial charge in [0.1, 0.15) is 47.7 Å². The molecule has 1 fully saturated rings. The zero-order valence-electron chi connectivity index (χ0n) is 31.0. The fraction of sp³-hybridized carbons (Fsp3) is 0.415. The highest BCUT2D eigenvalue weighted by atomic mass is 28.4. The Hall–Kier alpha value is -4.26. The van der Waals surface area contributed by atoms with Crippen molar-refractivity contribution in [3.8, 4) is 11.5 Å². The van der Waals surface area contributed by atoms with Crippen LogP contribution in [0.1, 0.15) is 50.3 Å². The van der Waals surface area contributed by atoms with E-state index in [0.29, 0.717) is 6.61 Å². The average molecular weight is 724 g/mol. The molecule has 4 aliphatic rings. The van der Waals surface area contributed by atoms with Gasteiger partial charge in [-0.2, -0.15) is 5.10 Å². The fourth-order valence-corrected chi connectivity index (χ4v) is 8.45. The van der Waals surface area contributed by atoms with E-state index in [4.69, 9.17) is 33.3 Å². The third kappa shape index (κ3) is 6.60. The molecule has 274 valence electrons. The molecule has 1 aliphatic carbocycles. The number of benzene rings is 3. The van der Waals surface area contributed by atoms with Gasteiger partial charge in [-0.1, -0.05) is 80.5 Å². The molecule has 1 saturated heterocycles. The molecule has 3 heterocycles. The molecule has 4 atom stereocenters. The molecule has 0 amide bonds. The van der Waals surface area contributed by atoms with Crippen molar-refractivity contribution >= 4 is 20.2 Å². The number of ether oxygens (including phenoxy) is 4. The summed E-state index contributed by atoms with van der Waals surface area (Å²) in [4.78, 5) is 5.50. The second-order valence-electron chi connectivity index (χ2n) is 15.2. The lowest BCUT2D eigenvalue weighted by Gasteiger charge is -2.41. The van der Waals surface area contributed by atoms with Crippen molar-refractivity contribution in [1.82, 2.24) is 5.01 Å². The van der Waals surface area contributed by atoms with Crippen molar-refractivity contribution in [3.05, 3.63) is 118 Å². The number of allylic oxidation sites excluding steroid dienone is 2. The molecule has 0 radical (unpaired) electrons. The molecule has 11 heteroatoms. The summed E-state index contributed by atoms with van der Waals surface area (Å²) in [5, 5.41) is 23.1. The van der Waals surface area contributed by atoms with Crippen LogP contribution in [0.2, 0.25) is 18.1 Å². The number of rotatable bonds is 11. The predicted octanol–water partition coefficient (Wildman–Crippen LogP) is 7.15. The highest BCUT2D eigenvalue weighted by Crippen LogP contribution is 2.45. The summed E-state index contributed by atoms with van der Waals surface area (Å²) in [5.74, 6) is 1.47. The molecule has 3 aliphatic heterocycles. The number of aliphatic hydroxyl groups is 1. The van der Waals surface area contributed by atoms with Crippen LogP contribution in [0.3, 0.4) is 0 Å². The van der Waals surface area contributed by atoms with Gasteiger partial charge in [0.25, 0.3) is 0 Å². The van der Waals surface area contributed by atoms with Crippen molar-refractivity contribution < 1.29 is 33.3 Å². The van der Waals surface area contributed by atoms with E-state index < -0.39 is 38.5 Å². The van der Waals surface area contributed by atoms with Gasteiger partial charge in [-0.3, -0.25) is 0 Å². The van der Waals surface area contributed by atoms with Crippen LogP contribution in [0.15, 0.2) is 112 Å². The number of nitrogens with zero attached hydrogens (tertiary/aromatic N) is 3. The van der Waals surface area contributed by atoms with Gasteiger partial charge in [-0.15, -0.1) is 0 Å². The van der Waals surface area contributed by atoms with Crippen LogP contribution in [0.25, 0.3) is 0 Å². The molecule has 1 N–H and O–H groups in total. The van der Waals surface area contributed by atoms with Gasteiger partial charge in [0.15, 0.2) is 14.5 Å². The van der Waals surface area contributed by atoms with E-state index in [1.54, 1.807) is 20.4 Å². The van der Waals surface area contributed by atoms with E-state index >= 15 is 0 Å². The summed E-state index contributed by atoms with van der Waals surface area (Å²) < 4.78 is 32.1. The first-order valence-electron chi connectivity index (χ1n) is 17.9. The first-order valence-corrected chi connectivity index (χ1v) is 20.8. The predicted molar refractivity (Wildman–Crippen MR) is 203 cm³/mol. The summed E-state index contributed by atoms with van der Waals surface area (Å²) >= 11 is 0. The smallest absolute Gasteiger partial charge is 0.192 e.